The van der Waals surface area contributed by atoms with Gasteiger partial charge in [-0.2, -0.15) is 0 Å². The Morgan fingerprint density at radius 1 is 0.516 bits per heavy atom. The molecule has 12 unspecified atom stereocenters. The smallest absolute Gasteiger partial charge is 0.242 e. The molecule has 5 N–H and O–H groups in total. The molecule has 8 aliphatic rings. The summed E-state index contributed by atoms with van der Waals surface area (Å²) in [6.07, 6.45) is 12.0. The van der Waals surface area contributed by atoms with Crippen molar-refractivity contribution in [2.75, 3.05) is 47.1 Å². The fraction of sp³-hybridized carbons (Fsp3) is 0.822. The van der Waals surface area contributed by atoms with Gasteiger partial charge in [0.25, 0.3) is 0 Å². The Balaban J connectivity index is 0.000000161. The minimum atomic E-state index is -0.286. The average molecular weight is 918 g/mol. The highest BCUT2D eigenvalue weighted by Crippen LogP contribution is 2.36. The summed E-state index contributed by atoms with van der Waals surface area (Å²) in [6, 6.07) is -1.12. The van der Waals surface area contributed by atoms with Gasteiger partial charge in [0.15, 0.2) is 23.1 Å². The molecule has 0 aromatic rings. The van der Waals surface area contributed by atoms with Gasteiger partial charge in [0.05, 0.1) is 66.5 Å². The molecule has 0 bridgehead atoms. The Kier molecular flexibility index (Phi) is 19.3. The van der Waals surface area contributed by atoms with Crippen LogP contribution < -0.4 is 26.6 Å². The van der Waals surface area contributed by atoms with E-state index in [9.17, 15) is 38.4 Å². The highest BCUT2D eigenvalue weighted by Gasteiger charge is 2.46. The van der Waals surface area contributed by atoms with Crippen molar-refractivity contribution < 1.29 is 43.1 Å². The number of thioether (sulfide) groups is 1. The van der Waals surface area contributed by atoms with E-state index in [1.54, 1.807) is 51.6 Å². The van der Waals surface area contributed by atoms with Gasteiger partial charge in [-0.15, -0.1) is 11.8 Å². The zero-order chi connectivity index (χ0) is 46.8. The van der Waals surface area contributed by atoms with E-state index in [0.29, 0.717) is 19.1 Å². The number of hydrogen-bond acceptors (Lipinski definition) is 15. The van der Waals surface area contributed by atoms with Crippen molar-refractivity contribution in [1.82, 2.24) is 46.2 Å². The number of amides is 4. The Bertz CT molecular complexity index is 1470. The number of rotatable bonds is 8. The van der Waals surface area contributed by atoms with Crippen LogP contribution in [0, 0.1) is 0 Å². The number of ether oxygens (including phenoxy) is 1. The molecule has 360 valence electrons. The van der Waals surface area contributed by atoms with Crippen LogP contribution in [-0.2, 0) is 43.1 Å². The molecule has 8 rings (SSSR count). The molecule has 19 heteroatoms. The molecule has 18 nitrogen and oxygen atoms in total. The van der Waals surface area contributed by atoms with Crippen LogP contribution in [0.2, 0.25) is 0 Å². The number of nitrogens with one attached hydrogen (secondary N) is 5. The van der Waals surface area contributed by atoms with Gasteiger partial charge in [0.1, 0.15) is 6.23 Å². The summed E-state index contributed by atoms with van der Waals surface area (Å²) in [4.78, 5) is 102. The number of likely N-dealkylation sites (N-methyl/N-ethyl adjacent to an activating group) is 4. The van der Waals surface area contributed by atoms with Gasteiger partial charge in [-0.1, -0.05) is 0 Å². The molecular weight excluding hydrogens is 843 g/mol. The molecule has 64 heavy (non-hydrogen) atoms. The maximum atomic E-state index is 12.3. The van der Waals surface area contributed by atoms with Crippen LogP contribution in [0.5, 0.6) is 0 Å². The molecule has 8 aliphatic heterocycles. The van der Waals surface area contributed by atoms with Crippen molar-refractivity contribution in [3.05, 3.63) is 0 Å². The normalized spacial score (nSPS) is 34.8. The van der Waals surface area contributed by atoms with Crippen LogP contribution in [0.3, 0.4) is 0 Å². The van der Waals surface area contributed by atoms with Gasteiger partial charge in [-0.3, -0.25) is 43.7 Å². The maximum Gasteiger partial charge on any atom is 0.242 e. The summed E-state index contributed by atoms with van der Waals surface area (Å²) < 4.78 is 5.62. The number of Topliss-reactive ketones (excluding diaryl/α,β-unsaturated/α-hetero) is 4. The molecule has 8 saturated heterocycles. The molecule has 0 aliphatic carbocycles. The van der Waals surface area contributed by atoms with Crippen LogP contribution >= 0.6 is 11.8 Å². The van der Waals surface area contributed by atoms with Gasteiger partial charge in [0, 0.05) is 6.04 Å². The molecule has 0 spiro atoms. The average Bonchev–Trinajstić information content (AvgIpc) is 4.03. The summed E-state index contributed by atoms with van der Waals surface area (Å²) in [5.74, 6) is 1.69. The number of fused-ring (bicyclic) bond motifs is 4. The summed E-state index contributed by atoms with van der Waals surface area (Å²) in [7, 11) is 7.19. The predicted molar refractivity (Wildman–Crippen MR) is 243 cm³/mol. The van der Waals surface area contributed by atoms with Gasteiger partial charge in [-0.25, -0.2) is 0 Å². The third kappa shape index (κ3) is 11.8. The lowest BCUT2D eigenvalue weighted by atomic mass is 10.1. The molecule has 4 amide bonds. The van der Waals surface area contributed by atoms with E-state index in [2.05, 4.69) is 26.6 Å². The van der Waals surface area contributed by atoms with Crippen LogP contribution in [0.15, 0.2) is 0 Å². The van der Waals surface area contributed by atoms with Gasteiger partial charge in [-0.05, 0) is 158 Å². The highest BCUT2D eigenvalue weighted by molar-refractivity contribution is 7.99. The second-order valence-electron chi connectivity index (χ2n) is 18.2. The van der Waals surface area contributed by atoms with E-state index >= 15 is 0 Å². The molecule has 0 radical (unpaired) electrons. The van der Waals surface area contributed by atoms with Gasteiger partial charge >= 0.3 is 0 Å². The lowest BCUT2D eigenvalue weighted by molar-refractivity contribution is -0.146. The first-order valence-electron chi connectivity index (χ1n) is 23.6. The zero-order valence-electron chi connectivity index (χ0n) is 39.3. The van der Waals surface area contributed by atoms with Crippen LogP contribution in [-0.4, -0.2) is 186 Å². The van der Waals surface area contributed by atoms with E-state index in [0.717, 1.165) is 95.8 Å². The van der Waals surface area contributed by atoms with E-state index in [-0.39, 0.29) is 113 Å². The first kappa shape index (κ1) is 51.7. The van der Waals surface area contributed by atoms with Gasteiger partial charge < -0.3 is 45.6 Å². The van der Waals surface area contributed by atoms with Crippen molar-refractivity contribution in [2.45, 2.75) is 190 Å². The monoisotopic (exact) mass is 918 g/mol. The number of hydrogen-bond donors (Lipinski definition) is 5. The second kappa shape index (κ2) is 23.9. The third-order valence-corrected chi connectivity index (χ3v) is 15.6. The summed E-state index contributed by atoms with van der Waals surface area (Å²) in [6.45, 7) is 7.69. The molecule has 8 heterocycles. The van der Waals surface area contributed by atoms with E-state index in [1.807, 2.05) is 35.7 Å². The quantitative estimate of drug-likeness (QED) is 0.227. The Labute approximate surface area is 383 Å². The molecular formula is C45H75N9O9S. The summed E-state index contributed by atoms with van der Waals surface area (Å²) >= 11 is 1.81. The Morgan fingerprint density at radius 3 is 1.61 bits per heavy atom. The Hall–Kier alpha value is -3.33. The second-order valence-corrected chi connectivity index (χ2v) is 19.5. The Morgan fingerprint density at radius 2 is 0.984 bits per heavy atom. The van der Waals surface area contributed by atoms with Crippen molar-refractivity contribution in [1.29, 1.82) is 0 Å². The maximum absolute atomic E-state index is 12.3. The summed E-state index contributed by atoms with van der Waals surface area (Å²) in [5, 5.41) is 15.7. The number of carbonyl (C=O) groups is 8. The van der Waals surface area contributed by atoms with Crippen LogP contribution in [0.1, 0.15) is 118 Å². The molecule has 8 fully saturated rings. The molecule has 12 atom stereocenters. The van der Waals surface area contributed by atoms with Crippen molar-refractivity contribution in [3.8, 4) is 0 Å². The SMILES string of the molecule is CNC1CCCC2CCC(C(C)=O)N2C1=O.CNC1CCNC2CCC(C(C)=O)N2C1=O.CNC1CCOC2CCC(C(C)=O)N2C1=O.CNC1CCSC2CCC(C(C)=O)N2C1=O. The number of nitrogens with zero attached hydrogens (tertiary/aromatic N) is 4. The van der Waals surface area contributed by atoms with Crippen molar-refractivity contribution in [2.24, 2.45) is 0 Å². The number of carbonyl (C=O) groups excluding carboxylic acids is 8. The molecule has 0 aromatic carbocycles. The standard InChI is InChI=1S/C12H20N2O2.C11H19N3O2.C11H18N2O3.C11H18N2O2S/c1-8(15)11-7-6-9-4-3-5-10(13-2)12(16)14(9)11;1-7(15)9-3-4-10-13-6-5-8(12-2)11(16)14(9)10;2*1-7(14)9-3-4-10-13(9)11(15)8(12-2)5-6-16-10/h9-11,13H,3-7H2,1-2H3;8-10,12-13H,3-6H2,1-2H3;2*8-10,12H,3-6H2,1-2H3. The largest absolute Gasteiger partial charge is 0.358 e. The van der Waals surface area contributed by atoms with Crippen LogP contribution in [0.25, 0.3) is 0 Å². The summed E-state index contributed by atoms with van der Waals surface area (Å²) in [5.41, 5.74) is 0. The zero-order valence-corrected chi connectivity index (χ0v) is 40.1. The third-order valence-electron chi connectivity index (χ3n) is 14.3. The molecule has 0 aromatic heterocycles. The van der Waals surface area contributed by atoms with Crippen molar-refractivity contribution in [3.63, 3.8) is 0 Å². The number of ketones is 4. The van der Waals surface area contributed by atoms with Crippen LogP contribution in [0.4, 0.5) is 0 Å². The van der Waals surface area contributed by atoms with Crippen molar-refractivity contribution >= 4 is 58.5 Å². The predicted octanol–water partition coefficient (Wildman–Crippen LogP) is 0.699. The topological polar surface area (TPSA) is 219 Å². The van der Waals surface area contributed by atoms with E-state index in [4.69, 9.17) is 4.74 Å². The first-order valence-corrected chi connectivity index (χ1v) is 24.6. The lowest BCUT2D eigenvalue weighted by Crippen LogP contribution is -2.52. The highest BCUT2D eigenvalue weighted by atomic mass is 32.2. The minimum absolute atomic E-state index is 0.00250. The minimum Gasteiger partial charge on any atom is -0.358 e. The lowest BCUT2D eigenvalue weighted by Gasteiger charge is -2.29. The molecule has 0 saturated carbocycles. The van der Waals surface area contributed by atoms with E-state index < -0.39 is 0 Å². The first-order chi connectivity index (χ1) is 30.6. The van der Waals surface area contributed by atoms with Gasteiger partial charge in [0.2, 0.25) is 23.6 Å². The fourth-order valence-corrected chi connectivity index (χ4v) is 12.1. The fourth-order valence-electron chi connectivity index (χ4n) is 10.8. The van der Waals surface area contributed by atoms with E-state index in [1.165, 1.54) is 0 Å².